The van der Waals surface area contributed by atoms with Gasteiger partial charge in [-0.25, -0.2) is 0 Å². The molecule has 0 aromatic carbocycles. The molecule has 2 aliphatic heterocycles. The molecule has 17 heavy (non-hydrogen) atoms. The minimum atomic E-state index is 0.451. The zero-order valence-corrected chi connectivity index (χ0v) is 11.8. The van der Waals surface area contributed by atoms with Crippen molar-refractivity contribution in [2.45, 2.75) is 33.1 Å². The molecule has 0 aromatic heterocycles. The molecule has 2 rings (SSSR count). The van der Waals surface area contributed by atoms with Crippen LogP contribution in [0.3, 0.4) is 0 Å². The van der Waals surface area contributed by atoms with E-state index < -0.39 is 0 Å². The van der Waals surface area contributed by atoms with Crippen LogP contribution in [0.2, 0.25) is 0 Å². The summed E-state index contributed by atoms with van der Waals surface area (Å²) in [6, 6.07) is 0. The van der Waals surface area contributed by atoms with Crippen molar-refractivity contribution in [1.29, 1.82) is 0 Å². The van der Waals surface area contributed by atoms with Crippen LogP contribution >= 0.6 is 11.8 Å². The molecule has 0 aliphatic carbocycles. The van der Waals surface area contributed by atoms with Crippen LogP contribution in [0.5, 0.6) is 0 Å². The second-order valence-corrected chi connectivity index (χ2v) is 6.19. The van der Waals surface area contributed by atoms with Gasteiger partial charge in [0.1, 0.15) is 0 Å². The Labute approximate surface area is 109 Å². The fourth-order valence-electron chi connectivity index (χ4n) is 2.31. The van der Waals surface area contributed by atoms with E-state index in [1.165, 1.54) is 25.0 Å². The first-order chi connectivity index (χ1) is 8.28. The lowest BCUT2D eigenvalue weighted by atomic mass is 9.84. The lowest BCUT2D eigenvalue weighted by Gasteiger charge is -2.33. The average Bonchev–Trinajstić information content (AvgIpc) is 2.90. The normalized spacial score (nSPS) is 27.9. The summed E-state index contributed by atoms with van der Waals surface area (Å²) in [7, 11) is 0. The molecule has 1 atom stereocenters. The van der Waals surface area contributed by atoms with Crippen LogP contribution in [-0.2, 0) is 4.74 Å². The van der Waals surface area contributed by atoms with E-state index in [4.69, 9.17) is 9.73 Å². The highest BCUT2D eigenvalue weighted by Crippen LogP contribution is 2.34. The van der Waals surface area contributed by atoms with E-state index in [0.717, 1.165) is 31.5 Å². The summed E-state index contributed by atoms with van der Waals surface area (Å²) in [5, 5.41) is 4.63. The van der Waals surface area contributed by atoms with E-state index in [1.807, 2.05) is 11.8 Å². The highest BCUT2D eigenvalue weighted by molar-refractivity contribution is 8.13. The first-order valence-corrected chi connectivity index (χ1v) is 7.75. The largest absolute Gasteiger partial charge is 0.381 e. The molecule has 0 amide bonds. The first kappa shape index (κ1) is 13.2. The van der Waals surface area contributed by atoms with Crippen molar-refractivity contribution in [2.24, 2.45) is 16.3 Å². The van der Waals surface area contributed by atoms with Gasteiger partial charge in [-0.05, 0) is 24.7 Å². The minimum absolute atomic E-state index is 0.451. The topological polar surface area (TPSA) is 33.6 Å². The van der Waals surface area contributed by atoms with Gasteiger partial charge in [-0.3, -0.25) is 4.99 Å². The van der Waals surface area contributed by atoms with E-state index in [0.29, 0.717) is 11.3 Å². The molecule has 98 valence electrons. The lowest BCUT2D eigenvalue weighted by molar-refractivity contribution is 0.186. The van der Waals surface area contributed by atoms with Crippen molar-refractivity contribution >= 4 is 16.9 Å². The number of thioether (sulfide) groups is 1. The molecule has 1 saturated heterocycles. The van der Waals surface area contributed by atoms with Crippen molar-refractivity contribution in [1.82, 2.24) is 5.32 Å². The maximum Gasteiger partial charge on any atom is 0.156 e. The number of aliphatic imine (C=N–C) groups is 1. The van der Waals surface area contributed by atoms with Crippen LogP contribution in [0.4, 0.5) is 0 Å². The fourth-order valence-corrected chi connectivity index (χ4v) is 3.60. The van der Waals surface area contributed by atoms with Crippen molar-refractivity contribution in [2.75, 3.05) is 32.1 Å². The van der Waals surface area contributed by atoms with Crippen LogP contribution in [0.15, 0.2) is 4.99 Å². The Bertz CT molecular complexity index is 271. The van der Waals surface area contributed by atoms with Crippen LogP contribution in [0, 0.1) is 11.3 Å². The molecule has 2 aliphatic rings. The predicted molar refractivity (Wildman–Crippen MR) is 74.7 cm³/mol. The van der Waals surface area contributed by atoms with Gasteiger partial charge in [0.2, 0.25) is 0 Å². The standard InChI is InChI=1S/C13H24N2OS/c1-3-13(4-2)9-15-12(17-10-13)14-7-11-5-6-16-8-11/h11H,3-10H2,1-2H3,(H,14,15). The van der Waals surface area contributed by atoms with Gasteiger partial charge >= 0.3 is 0 Å². The molecule has 0 spiro atoms. The van der Waals surface area contributed by atoms with Crippen LogP contribution in [0.1, 0.15) is 33.1 Å². The Morgan fingerprint density at radius 1 is 1.47 bits per heavy atom. The van der Waals surface area contributed by atoms with Gasteiger partial charge in [0.25, 0.3) is 0 Å². The summed E-state index contributed by atoms with van der Waals surface area (Å²) in [5.41, 5.74) is 0.451. The zero-order chi connectivity index (χ0) is 12.1. The van der Waals surface area contributed by atoms with Gasteiger partial charge in [0.15, 0.2) is 5.17 Å². The maximum absolute atomic E-state index is 5.38. The molecule has 4 heteroatoms. The summed E-state index contributed by atoms with van der Waals surface area (Å²) < 4.78 is 5.38. The number of rotatable bonds is 4. The SMILES string of the molecule is CCC1(CC)CN=C(NCC2CCOC2)SC1. The Balaban J connectivity index is 1.77. The quantitative estimate of drug-likeness (QED) is 0.839. The predicted octanol–water partition coefficient (Wildman–Crippen LogP) is 2.52. The molecule has 0 bridgehead atoms. The number of nitrogens with one attached hydrogen (secondary N) is 1. The van der Waals surface area contributed by atoms with E-state index in [-0.39, 0.29) is 0 Å². The third-order valence-corrected chi connectivity index (χ3v) is 5.44. The van der Waals surface area contributed by atoms with Crippen LogP contribution in [0.25, 0.3) is 0 Å². The summed E-state index contributed by atoms with van der Waals surface area (Å²) >= 11 is 1.90. The Morgan fingerprint density at radius 2 is 2.29 bits per heavy atom. The number of ether oxygens (including phenoxy) is 1. The Kier molecular flexibility index (Phi) is 4.74. The van der Waals surface area contributed by atoms with Gasteiger partial charge in [-0.1, -0.05) is 25.6 Å². The molecular weight excluding hydrogens is 232 g/mol. The third kappa shape index (κ3) is 3.38. The molecular formula is C13H24N2OS. The second-order valence-electron chi connectivity index (χ2n) is 5.23. The van der Waals surface area contributed by atoms with Crippen LogP contribution < -0.4 is 5.32 Å². The number of nitrogens with zero attached hydrogens (tertiary/aromatic N) is 1. The van der Waals surface area contributed by atoms with E-state index in [9.17, 15) is 0 Å². The van der Waals surface area contributed by atoms with Gasteiger partial charge in [-0.15, -0.1) is 0 Å². The smallest absolute Gasteiger partial charge is 0.156 e. The summed E-state index contributed by atoms with van der Waals surface area (Å²) in [6.45, 7) is 8.44. The van der Waals surface area contributed by atoms with Gasteiger partial charge < -0.3 is 10.1 Å². The molecule has 1 unspecified atom stereocenters. The maximum atomic E-state index is 5.38. The Hall–Kier alpha value is -0.220. The van der Waals surface area contributed by atoms with Gasteiger partial charge in [0, 0.05) is 31.4 Å². The monoisotopic (exact) mass is 256 g/mol. The molecule has 1 fully saturated rings. The van der Waals surface area contributed by atoms with E-state index in [1.54, 1.807) is 0 Å². The zero-order valence-electron chi connectivity index (χ0n) is 11.0. The summed E-state index contributed by atoms with van der Waals surface area (Å²) in [5.74, 6) is 1.90. The molecule has 1 N–H and O–H groups in total. The molecule has 3 nitrogen and oxygen atoms in total. The summed E-state index contributed by atoms with van der Waals surface area (Å²) in [4.78, 5) is 4.71. The van der Waals surface area contributed by atoms with Crippen molar-refractivity contribution < 1.29 is 4.74 Å². The summed E-state index contributed by atoms with van der Waals surface area (Å²) in [6.07, 6.45) is 3.67. The molecule has 0 aromatic rings. The number of hydrogen-bond donors (Lipinski definition) is 1. The Morgan fingerprint density at radius 3 is 2.82 bits per heavy atom. The average molecular weight is 256 g/mol. The number of hydrogen-bond acceptors (Lipinski definition) is 4. The highest BCUT2D eigenvalue weighted by atomic mass is 32.2. The third-order valence-electron chi connectivity index (χ3n) is 4.14. The minimum Gasteiger partial charge on any atom is -0.381 e. The van der Waals surface area contributed by atoms with Gasteiger partial charge in [-0.2, -0.15) is 0 Å². The van der Waals surface area contributed by atoms with Gasteiger partial charge in [0.05, 0.1) is 6.61 Å². The molecule has 2 heterocycles. The lowest BCUT2D eigenvalue weighted by Crippen LogP contribution is -2.36. The molecule has 0 radical (unpaired) electrons. The van der Waals surface area contributed by atoms with Crippen molar-refractivity contribution in [3.05, 3.63) is 0 Å². The first-order valence-electron chi connectivity index (χ1n) is 6.77. The molecule has 0 saturated carbocycles. The fraction of sp³-hybridized carbons (Fsp3) is 0.923. The van der Waals surface area contributed by atoms with Crippen LogP contribution in [-0.4, -0.2) is 37.2 Å². The van der Waals surface area contributed by atoms with E-state index >= 15 is 0 Å². The van der Waals surface area contributed by atoms with Crippen molar-refractivity contribution in [3.8, 4) is 0 Å². The highest BCUT2D eigenvalue weighted by Gasteiger charge is 2.30. The van der Waals surface area contributed by atoms with E-state index in [2.05, 4.69) is 19.2 Å². The second kappa shape index (κ2) is 6.10. The number of amidine groups is 1. The van der Waals surface area contributed by atoms with Crippen molar-refractivity contribution in [3.63, 3.8) is 0 Å².